The highest BCUT2D eigenvalue weighted by Gasteiger charge is 2.21. The SMILES string of the molecule is NC(=O)C(Sc1nc2cc(Cl)ccc2s1)c1ccc(Cl)cc1. The molecule has 2 N–H and O–H groups in total. The molecule has 1 heterocycles. The third-order valence-electron chi connectivity index (χ3n) is 2.98. The zero-order valence-electron chi connectivity index (χ0n) is 11.1. The highest BCUT2D eigenvalue weighted by atomic mass is 35.5. The number of hydrogen-bond acceptors (Lipinski definition) is 4. The second kappa shape index (κ2) is 6.46. The minimum atomic E-state index is -0.506. The fourth-order valence-corrected chi connectivity index (χ4v) is 4.44. The fourth-order valence-electron chi connectivity index (χ4n) is 1.96. The van der Waals surface area contributed by atoms with Gasteiger partial charge in [-0.3, -0.25) is 4.79 Å². The van der Waals surface area contributed by atoms with Crippen molar-refractivity contribution in [3.8, 4) is 0 Å². The molecule has 3 nitrogen and oxygen atoms in total. The summed E-state index contributed by atoms with van der Waals surface area (Å²) in [5.74, 6) is -0.412. The van der Waals surface area contributed by atoms with Crippen LogP contribution in [0.4, 0.5) is 0 Å². The maximum absolute atomic E-state index is 11.8. The first-order valence-electron chi connectivity index (χ1n) is 6.30. The van der Waals surface area contributed by atoms with E-state index in [0.29, 0.717) is 10.0 Å². The van der Waals surface area contributed by atoms with Crippen LogP contribution < -0.4 is 5.73 Å². The van der Waals surface area contributed by atoms with Crippen molar-refractivity contribution in [3.05, 3.63) is 58.1 Å². The van der Waals surface area contributed by atoms with Gasteiger partial charge in [0.25, 0.3) is 0 Å². The van der Waals surface area contributed by atoms with Crippen LogP contribution in [0, 0.1) is 0 Å². The number of aromatic nitrogens is 1. The number of carbonyl (C=O) groups excluding carboxylic acids is 1. The molecular weight excluding hydrogens is 359 g/mol. The first kappa shape index (κ1) is 15.6. The van der Waals surface area contributed by atoms with Crippen LogP contribution in [0.3, 0.4) is 0 Å². The number of thioether (sulfide) groups is 1. The van der Waals surface area contributed by atoms with Crippen molar-refractivity contribution in [1.82, 2.24) is 4.98 Å². The number of amides is 1. The van der Waals surface area contributed by atoms with Gasteiger partial charge in [-0.2, -0.15) is 0 Å². The maximum Gasteiger partial charge on any atom is 0.235 e. The van der Waals surface area contributed by atoms with E-state index in [1.54, 1.807) is 30.3 Å². The van der Waals surface area contributed by atoms with Gasteiger partial charge in [0, 0.05) is 10.0 Å². The van der Waals surface area contributed by atoms with Crippen LogP contribution in [0.2, 0.25) is 10.0 Å². The Morgan fingerprint density at radius 1 is 1.14 bits per heavy atom. The van der Waals surface area contributed by atoms with Gasteiger partial charge in [0.15, 0.2) is 4.34 Å². The van der Waals surface area contributed by atoms with Crippen LogP contribution in [0.1, 0.15) is 10.8 Å². The van der Waals surface area contributed by atoms with Gasteiger partial charge in [-0.05, 0) is 35.9 Å². The van der Waals surface area contributed by atoms with Gasteiger partial charge in [0.05, 0.1) is 10.2 Å². The van der Waals surface area contributed by atoms with E-state index in [1.165, 1.54) is 23.1 Å². The summed E-state index contributed by atoms with van der Waals surface area (Å²) in [6, 6.07) is 12.6. The molecule has 3 rings (SSSR count). The summed E-state index contributed by atoms with van der Waals surface area (Å²) < 4.78 is 1.79. The maximum atomic E-state index is 11.8. The minimum absolute atomic E-state index is 0.412. The lowest BCUT2D eigenvalue weighted by Gasteiger charge is -2.11. The second-order valence-electron chi connectivity index (χ2n) is 4.54. The summed E-state index contributed by atoms with van der Waals surface area (Å²) in [4.78, 5) is 16.3. The molecule has 3 aromatic rings. The molecule has 0 bridgehead atoms. The first-order chi connectivity index (χ1) is 10.5. The largest absolute Gasteiger partial charge is 0.368 e. The molecule has 1 aromatic heterocycles. The normalized spacial score (nSPS) is 12.5. The highest BCUT2D eigenvalue weighted by molar-refractivity contribution is 8.02. The van der Waals surface area contributed by atoms with Crippen molar-refractivity contribution in [2.45, 2.75) is 9.59 Å². The zero-order chi connectivity index (χ0) is 15.7. The standard InChI is InChI=1S/C15H10Cl2N2OS2/c16-9-3-1-8(2-4-9)13(14(18)20)22-15-19-11-7-10(17)5-6-12(11)21-15/h1-7,13H,(H2,18,20). The van der Waals surface area contributed by atoms with Crippen molar-refractivity contribution in [3.63, 3.8) is 0 Å². The average molecular weight is 369 g/mol. The van der Waals surface area contributed by atoms with Gasteiger partial charge in [-0.15, -0.1) is 11.3 Å². The summed E-state index contributed by atoms with van der Waals surface area (Å²) in [6.45, 7) is 0. The Morgan fingerprint density at radius 3 is 2.50 bits per heavy atom. The monoisotopic (exact) mass is 368 g/mol. The Labute approximate surface area is 145 Å². The number of thiazole rings is 1. The molecule has 0 aliphatic heterocycles. The molecule has 0 spiro atoms. The van der Waals surface area contributed by atoms with E-state index >= 15 is 0 Å². The van der Waals surface area contributed by atoms with Gasteiger partial charge in [-0.25, -0.2) is 4.98 Å². The number of nitrogens with zero attached hydrogens (tertiary/aromatic N) is 1. The van der Waals surface area contributed by atoms with Crippen molar-refractivity contribution in [1.29, 1.82) is 0 Å². The van der Waals surface area contributed by atoms with E-state index in [-0.39, 0.29) is 0 Å². The van der Waals surface area contributed by atoms with Gasteiger partial charge in [0.1, 0.15) is 5.25 Å². The van der Waals surface area contributed by atoms with E-state index in [4.69, 9.17) is 28.9 Å². The van der Waals surface area contributed by atoms with Crippen LogP contribution in [0.5, 0.6) is 0 Å². The Balaban J connectivity index is 1.92. The lowest BCUT2D eigenvalue weighted by Crippen LogP contribution is -2.18. The Bertz CT molecular complexity index is 833. The Morgan fingerprint density at radius 2 is 1.82 bits per heavy atom. The third-order valence-corrected chi connectivity index (χ3v) is 5.87. The van der Waals surface area contributed by atoms with E-state index in [2.05, 4.69) is 4.98 Å². The lowest BCUT2D eigenvalue weighted by atomic mass is 10.1. The van der Waals surface area contributed by atoms with E-state index in [9.17, 15) is 4.79 Å². The minimum Gasteiger partial charge on any atom is -0.368 e. The molecule has 0 saturated heterocycles. The number of benzene rings is 2. The molecule has 0 aliphatic rings. The topological polar surface area (TPSA) is 56.0 Å². The Kier molecular flexibility index (Phi) is 4.59. The van der Waals surface area contributed by atoms with Crippen LogP contribution in [-0.4, -0.2) is 10.9 Å². The number of rotatable bonds is 4. The summed E-state index contributed by atoms with van der Waals surface area (Å²) >= 11 is 14.7. The molecule has 2 aromatic carbocycles. The zero-order valence-corrected chi connectivity index (χ0v) is 14.3. The molecule has 0 fully saturated rings. The first-order valence-corrected chi connectivity index (χ1v) is 8.75. The molecule has 7 heteroatoms. The van der Waals surface area contributed by atoms with Crippen LogP contribution in [0.15, 0.2) is 46.8 Å². The molecule has 1 atom stereocenters. The number of carbonyl (C=O) groups is 1. The van der Waals surface area contributed by atoms with Gasteiger partial charge < -0.3 is 5.73 Å². The van der Waals surface area contributed by atoms with Crippen molar-refractivity contribution < 1.29 is 4.79 Å². The smallest absolute Gasteiger partial charge is 0.235 e. The second-order valence-corrected chi connectivity index (χ2v) is 7.80. The molecule has 112 valence electrons. The van der Waals surface area contributed by atoms with Crippen molar-refractivity contribution in [2.75, 3.05) is 0 Å². The summed E-state index contributed by atoms with van der Waals surface area (Å²) in [6.07, 6.45) is 0. The van der Waals surface area contributed by atoms with Crippen molar-refractivity contribution >= 4 is 62.4 Å². The molecule has 0 radical (unpaired) electrons. The number of nitrogens with two attached hydrogens (primary N) is 1. The van der Waals surface area contributed by atoms with Crippen LogP contribution in [-0.2, 0) is 4.79 Å². The Hall–Kier alpha value is -1.27. The predicted molar refractivity (Wildman–Crippen MR) is 93.9 cm³/mol. The number of hydrogen-bond donors (Lipinski definition) is 1. The van der Waals surface area contributed by atoms with Gasteiger partial charge >= 0.3 is 0 Å². The summed E-state index contributed by atoms with van der Waals surface area (Å²) in [5, 5.41) is 0.749. The molecule has 0 aliphatic carbocycles. The van der Waals surface area contributed by atoms with Crippen LogP contribution >= 0.6 is 46.3 Å². The quantitative estimate of drug-likeness (QED) is 0.664. The van der Waals surface area contributed by atoms with Crippen LogP contribution in [0.25, 0.3) is 10.2 Å². The molecule has 1 unspecified atom stereocenters. The van der Waals surface area contributed by atoms with E-state index in [0.717, 1.165) is 20.1 Å². The third kappa shape index (κ3) is 3.38. The number of halogens is 2. The molecular formula is C15H10Cl2N2OS2. The average Bonchev–Trinajstić information content (AvgIpc) is 2.87. The molecule has 22 heavy (non-hydrogen) atoms. The molecule has 0 saturated carbocycles. The molecule has 1 amide bonds. The van der Waals surface area contributed by atoms with Gasteiger partial charge in [0.2, 0.25) is 5.91 Å². The van der Waals surface area contributed by atoms with Gasteiger partial charge in [-0.1, -0.05) is 47.1 Å². The number of primary amides is 1. The number of fused-ring (bicyclic) bond motifs is 1. The summed E-state index contributed by atoms with van der Waals surface area (Å²) in [7, 11) is 0. The van der Waals surface area contributed by atoms with E-state index < -0.39 is 11.2 Å². The van der Waals surface area contributed by atoms with Crippen molar-refractivity contribution in [2.24, 2.45) is 5.73 Å². The fraction of sp³-hybridized carbons (Fsp3) is 0.0667. The lowest BCUT2D eigenvalue weighted by molar-refractivity contribution is -0.117. The van der Waals surface area contributed by atoms with E-state index in [1.807, 2.05) is 12.1 Å². The highest BCUT2D eigenvalue weighted by Crippen LogP contribution is 2.39. The predicted octanol–water partition coefficient (Wildman–Crippen LogP) is 4.92. The summed E-state index contributed by atoms with van der Waals surface area (Å²) in [5.41, 5.74) is 7.16.